The van der Waals surface area contributed by atoms with E-state index in [4.69, 9.17) is 10.2 Å². The molecule has 0 bridgehead atoms. The van der Waals surface area contributed by atoms with Crippen LogP contribution in [0.3, 0.4) is 0 Å². The van der Waals surface area contributed by atoms with Crippen molar-refractivity contribution >= 4 is 11.9 Å². The number of carboxylic acids is 2. The summed E-state index contributed by atoms with van der Waals surface area (Å²) in [5.41, 5.74) is 3.92. The summed E-state index contributed by atoms with van der Waals surface area (Å²) in [5, 5.41) is 18.0. The third-order valence-electron chi connectivity index (χ3n) is 5.36. The Balaban J connectivity index is 0.000000367. The van der Waals surface area contributed by atoms with Gasteiger partial charge in [-0.15, -0.1) is 0 Å². The van der Waals surface area contributed by atoms with Gasteiger partial charge in [0.25, 0.3) is 0 Å². The van der Waals surface area contributed by atoms with Crippen LogP contribution in [0, 0.1) is 24.7 Å². The van der Waals surface area contributed by atoms with Crippen LogP contribution < -0.4 is 0 Å². The van der Waals surface area contributed by atoms with E-state index in [9.17, 15) is 9.59 Å². The molecule has 2 atom stereocenters. The highest BCUT2D eigenvalue weighted by molar-refractivity contribution is 5.70. The van der Waals surface area contributed by atoms with Crippen molar-refractivity contribution in [3.05, 3.63) is 71.3 Å². The van der Waals surface area contributed by atoms with Gasteiger partial charge in [0.15, 0.2) is 0 Å². The van der Waals surface area contributed by atoms with E-state index in [-0.39, 0.29) is 12.3 Å². The van der Waals surface area contributed by atoms with Crippen molar-refractivity contribution in [2.75, 3.05) is 0 Å². The van der Waals surface area contributed by atoms with Crippen LogP contribution in [-0.2, 0) is 22.4 Å². The van der Waals surface area contributed by atoms with E-state index in [0.717, 1.165) is 17.9 Å². The van der Waals surface area contributed by atoms with E-state index in [1.807, 2.05) is 37.3 Å². The molecule has 170 valence electrons. The fourth-order valence-electron chi connectivity index (χ4n) is 3.62. The molecular weight excluding hydrogens is 388 g/mol. The quantitative estimate of drug-likeness (QED) is 0.436. The topological polar surface area (TPSA) is 74.6 Å². The molecule has 2 aromatic rings. The maximum absolute atomic E-state index is 11.1. The molecule has 4 heteroatoms. The van der Waals surface area contributed by atoms with Crippen molar-refractivity contribution in [3.63, 3.8) is 0 Å². The van der Waals surface area contributed by atoms with Gasteiger partial charge in [-0.2, -0.15) is 0 Å². The molecule has 0 aliphatic rings. The Morgan fingerprint density at radius 1 is 0.871 bits per heavy atom. The molecule has 0 aliphatic carbocycles. The smallest absolute Gasteiger partial charge is 0.306 e. The van der Waals surface area contributed by atoms with Gasteiger partial charge in [0.1, 0.15) is 0 Å². The second kappa shape index (κ2) is 14.4. The van der Waals surface area contributed by atoms with Crippen LogP contribution in [0.2, 0.25) is 0 Å². The van der Waals surface area contributed by atoms with Crippen LogP contribution in [-0.4, -0.2) is 22.2 Å². The van der Waals surface area contributed by atoms with Crippen LogP contribution >= 0.6 is 0 Å². The van der Waals surface area contributed by atoms with Crippen LogP contribution in [0.25, 0.3) is 0 Å². The van der Waals surface area contributed by atoms with Crippen LogP contribution in [0.5, 0.6) is 0 Å². The van der Waals surface area contributed by atoms with Gasteiger partial charge < -0.3 is 10.2 Å². The molecule has 0 fully saturated rings. The minimum absolute atomic E-state index is 0.0908. The number of hydrogen-bond acceptors (Lipinski definition) is 2. The summed E-state index contributed by atoms with van der Waals surface area (Å²) in [6, 6.07) is 18.6. The Hall–Kier alpha value is -2.62. The second-order valence-corrected chi connectivity index (χ2v) is 8.75. The molecule has 31 heavy (non-hydrogen) atoms. The molecule has 0 spiro atoms. The summed E-state index contributed by atoms with van der Waals surface area (Å²) in [7, 11) is 0. The summed E-state index contributed by atoms with van der Waals surface area (Å²) in [5.74, 6) is -1.16. The predicted octanol–water partition coefficient (Wildman–Crippen LogP) is 6.40. The number of carbonyl (C=O) groups is 2. The van der Waals surface area contributed by atoms with E-state index in [0.29, 0.717) is 19.3 Å². The number of rotatable bonds is 11. The van der Waals surface area contributed by atoms with Crippen molar-refractivity contribution < 1.29 is 19.8 Å². The van der Waals surface area contributed by atoms with Crippen molar-refractivity contribution in [2.24, 2.45) is 17.8 Å². The zero-order valence-corrected chi connectivity index (χ0v) is 19.4. The van der Waals surface area contributed by atoms with E-state index >= 15 is 0 Å². The van der Waals surface area contributed by atoms with Gasteiger partial charge in [-0.25, -0.2) is 0 Å². The molecule has 2 N–H and O–H groups in total. The van der Waals surface area contributed by atoms with Gasteiger partial charge in [0.05, 0.1) is 5.92 Å². The number of hydrogen-bond donors (Lipinski definition) is 2. The summed E-state index contributed by atoms with van der Waals surface area (Å²) < 4.78 is 0. The highest BCUT2D eigenvalue weighted by Gasteiger charge is 2.21. The molecule has 2 aromatic carbocycles. The Kier molecular flexibility index (Phi) is 12.3. The fourth-order valence-corrected chi connectivity index (χ4v) is 3.62. The first-order chi connectivity index (χ1) is 14.7. The molecule has 0 aliphatic heterocycles. The van der Waals surface area contributed by atoms with Crippen LogP contribution in [0.4, 0.5) is 0 Å². The number of benzene rings is 2. The van der Waals surface area contributed by atoms with Crippen molar-refractivity contribution in [2.45, 2.75) is 66.2 Å². The molecule has 0 amide bonds. The molecular formula is C27H38O4. The van der Waals surface area contributed by atoms with Crippen molar-refractivity contribution in [3.8, 4) is 0 Å². The van der Waals surface area contributed by atoms with E-state index in [2.05, 4.69) is 45.0 Å². The lowest BCUT2D eigenvalue weighted by atomic mass is 9.85. The average Bonchev–Trinajstić information content (AvgIpc) is 2.72. The van der Waals surface area contributed by atoms with Gasteiger partial charge >= 0.3 is 11.9 Å². The first-order valence-corrected chi connectivity index (χ1v) is 11.2. The Labute approximate surface area is 187 Å². The third kappa shape index (κ3) is 12.0. The van der Waals surface area contributed by atoms with Crippen LogP contribution in [0.1, 0.15) is 63.1 Å². The highest BCUT2D eigenvalue weighted by atomic mass is 16.4. The Bertz CT molecular complexity index is 766. The lowest BCUT2D eigenvalue weighted by Crippen LogP contribution is -2.19. The van der Waals surface area contributed by atoms with Gasteiger partial charge in [-0.05, 0) is 62.0 Å². The number of aliphatic carboxylic acids is 2. The minimum Gasteiger partial charge on any atom is -0.481 e. The first-order valence-electron chi connectivity index (χ1n) is 11.2. The molecule has 0 saturated carbocycles. The lowest BCUT2D eigenvalue weighted by molar-refractivity contribution is -0.142. The summed E-state index contributed by atoms with van der Waals surface area (Å²) in [4.78, 5) is 21.9. The summed E-state index contributed by atoms with van der Waals surface area (Å²) >= 11 is 0. The van der Waals surface area contributed by atoms with Crippen molar-refractivity contribution in [1.29, 1.82) is 0 Å². The van der Waals surface area contributed by atoms with E-state index in [1.165, 1.54) is 17.5 Å². The van der Waals surface area contributed by atoms with Crippen LogP contribution in [0.15, 0.2) is 54.6 Å². The maximum atomic E-state index is 11.1. The van der Waals surface area contributed by atoms with Crippen molar-refractivity contribution in [1.82, 2.24) is 0 Å². The first kappa shape index (κ1) is 26.4. The predicted molar refractivity (Wildman–Crippen MR) is 126 cm³/mol. The molecule has 0 heterocycles. The average molecular weight is 427 g/mol. The van der Waals surface area contributed by atoms with E-state index in [1.54, 1.807) is 0 Å². The highest BCUT2D eigenvalue weighted by Crippen LogP contribution is 2.24. The van der Waals surface area contributed by atoms with E-state index < -0.39 is 17.9 Å². The SMILES string of the molecule is CCC(CC(CCC(=O)O)Cc1ccccc1)C(=O)O.Cc1ccc(CC(C)C)cc1. The monoisotopic (exact) mass is 426 g/mol. The molecule has 2 unspecified atom stereocenters. The van der Waals surface area contributed by atoms with Gasteiger partial charge in [0, 0.05) is 6.42 Å². The normalized spacial score (nSPS) is 12.5. The summed E-state index contributed by atoms with van der Waals surface area (Å²) in [6.07, 6.45) is 3.65. The molecule has 2 rings (SSSR count). The Morgan fingerprint density at radius 3 is 1.94 bits per heavy atom. The fraction of sp³-hybridized carbons (Fsp3) is 0.481. The summed E-state index contributed by atoms with van der Waals surface area (Å²) in [6.45, 7) is 8.48. The second-order valence-electron chi connectivity index (χ2n) is 8.75. The lowest BCUT2D eigenvalue weighted by Gasteiger charge is -2.20. The standard InChI is InChI=1S/C16H22O4.C11H16/c1-2-14(16(19)20)11-13(8-9-15(17)18)10-12-6-4-3-5-7-12;1-9(2)8-11-6-4-10(3)5-7-11/h3-7,13-14H,2,8-11H2,1H3,(H,17,18)(H,19,20);4-7,9H,8H2,1-3H3. The molecule has 4 nitrogen and oxygen atoms in total. The molecule has 0 aromatic heterocycles. The number of carboxylic acid groups (broad SMARTS) is 2. The van der Waals surface area contributed by atoms with Gasteiger partial charge in [-0.3, -0.25) is 9.59 Å². The maximum Gasteiger partial charge on any atom is 0.306 e. The largest absolute Gasteiger partial charge is 0.481 e. The minimum atomic E-state index is -0.827. The third-order valence-corrected chi connectivity index (χ3v) is 5.36. The van der Waals surface area contributed by atoms with Gasteiger partial charge in [-0.1, -0.05) is 80.9 Å². The zero-order valence-electron chi connectivity index (χ0n) is 19.4. The number of aryl methyl sites for hydroxylation is 1. The van der Waals surface area contributed by atoms with Gasteiger partial charge in [0.2, 0.25) is 0 Å². The zero-order chi connectivity index (χ0) is 23.2. The molecule has 0 saturated heterocycles. The molecule has 0 radical (unpaired) electrons. The Morgan fingerprint density at radius 2 is 1.45 bits per heavy atom.